The smallest absolute Gasteiger partial charge is 0.146 e. The van der Waals surface area contributed by atoms with Crippen LogP contribution in [0.2, 0.25) is 0 Å². The Bertz CT molecular complexity index is 361. The van der Waals surface area contributed by atoms with Gasteiger partial charge in [-0.25, -0.2) is 4.39 Å². The topological polar surface area (TPSA) is 29.3 Å². The Balaban J connectivity index is 2.75. The van der Waals surface area contributed by atoms with Crippen molar-refractivity contribution in [3.05, 3.63) is 29.6 Å². The van der Waals surface area contributed by atoms with Crippen LogP contribution in [-0.2, 0) is 6.54 Å². The maximum atomic E-state index is 13.3. The van der Waals surface area contributed by atoms with Crippen molar-refractivity contribution in [3.63, 3.8) is 0 Å². The monoisotopic (exact) mass is 238 g/mol. The Hall–Kier alpha value is -1.09. The lowest BCUT2D eigenvalue weighted by Gasteiger charge is -2.28. The highest BCUT2D eigenvalue weighted by Gasteiger charge is 2.12. The summed E-state index contributed by atoms with van der Waals surface area (Å²) in [6.45, 7) is 10.5. The first-order chi connectivity index (χ1) is 7.90. The van der Waals surface area contributed by atoms with Gasteiger partial charge in [0.05, 0.1) is 5.69 Å². The Morgan fingerprint density at radius 3 is 2.35 bits per heavy atom. The lowest BCUT2D eigenvalue weighted by molar-refractivity contribution is 0.189. The molecule has 0 aromatic heterocycles. The molecule has 0 unspecified atom stereocenters. The summed E-state index contributed by atoms with van der Waals surface area (Å²) in [5, 5.41) is 0. The van der Waals surface area contributed by atoms with Gasteiger partial charge in [0, 0.05) is 19.1 Å². The van der Waals surface area contributed by atoms with Gasteiger partial charge in [-0.2, -0.15) is 0 Å². The molecule has 0 fully saturated rings. The van der Waals surface area contributed by atoms with Gasteiger partial charge in [0.25, 0.3) is 0 Å². The first-order valence-electron chi connectivity index (χ1n) is 6.18. The highest BCUT2D eigenvalue weighted by molar-refractivity contribution is 5.41. The van der Waals surface area contributed by atoms with E-state index in [2.05, 4.69) is 32.6 Å². The van der Waals surface area contributed by atoms with Gasteiger partial charge in [0.1, 0.15) is 5.82 Å². The van der Waals surface area contributed by atoms with Crippen LogP contribution in [0.4, 0.5) is 10.1 Å². The van der Waals surface area contributed by atoms with Gasteiger partial charge in [-0.1, -0.05) is 19.9 Å². The van der Waals surface area contributed by atoms with Crippen LogP contribution < -0.4 is 5.73 Å². The normalized spacial score (nSPS) is 11.8. The zero-order valence-electron chi connectivity index (χ0n) is 11.2. The predicted molar refractivity (Wildman–Crippen MR) is 71.2 cm³/mol. The summed E-state index contributed by atoms with van der Waals surface area (Å²) < 4.78 is 13.3. The van der Waals surface area contributed by atoms with E-state index < -0.39 is 0 Å². The minimum absolute atomic E-state index is 0.216. The van der Waals surface area contributed by atoms with Gasteiger partial charge < -0.3 is 5.73 Å². The molecular weight excluding hydrogens is 215 g/mol. The molecule has 0 amide bonds. The van der Waals surface area contributed by atoms with Gasteiger partial charge in [-0.05, 0) is 37.5 Å². The van der Waals surface area contributed by atoms with Crippen LogP contribution in [0.5, 0.6) is 0 Å². The van der Waals surface area contributed by atoms with Crippen molar-refractivity contribution in [2.45, 2.75) is 40.3 Å². The van der Waals surface area contributed by atoms with Crippen LogP contribution in [0.25, 0.3) is 0 Å². The highest BCUT2D eigenvalue weighted by Crippen LogP contribution is 2.15. The van der Waals surface area contributed by atoms with Gasteiger partial charge in [-0.3, -0.25) is 4.90 Å². The number of nitrogens with zero attached hydrogens (tertiary/aromatic N) is 1. The maximum absolute atomic E-state index is 13.3. The summed E-state index contributed by atoms with van der Waals surface area (Å²) in [6, 6.07) is 5.52. The zero-order chi connectivity index (χ0) is 13.0. The number of nitrogen functional groups attached to an aromatic ring is 1. The molecule has 2 nitrogen and oxygen atoms in total. The van der Waals surface area contributed by atoms with Crippen molar-refractivity contribution in [2.24, 2.45) is 5.92 Å². The molecule has 0 saturated carbocycles. The molecule has 0 aliphatic carbocycles. The molecule has 1 rings (SSSR count). The third-order valence-electron chi connectivity index (χ3n) is 2.78. The molecule has 0 heterocycles. The van der Waals surface area contributed by atoms with Crippen molar-refractivity contribution < 1.29 is 4.39 Å². The molecule has 2 N–H and O–H groups in total. The molecule has 0 aliphatic heterocycles. The molecule has 96 valence electrons. The van der Waals surface area contributed by atoms with Crippen LogP contribution in [0, 0.1) is 11.7 Å². The molecule has 1 aromatic carbocycles. The van der Waals surface area contributed by atoms with Gasteiger partial charge >= 0.3 is 0 Å². The molecule has 0 saturated heterocycles. The molecule has 1 aromatic rings. The van der Waals surface area contributed by atoms with E-state index in [0.29, 0.717) is 12.0 Å². The second-order valence-corrected chi connectivity index (χ2v) is 5.27. The standard InChI is InChI=1S/C14H23FN2/c1-10(2)8-17(11(3)4)9-12-5-6-14(16)13(15)7-12/h5-7,10-11H,8-9,16H2,1-4H3. The molecule has 0 atom stereocenters. The molecule has 0 aliphatic rings. The van der Waals surface area contributed by atoms with Gasteiger partial charge in [0.2, 0.25) is 0 Å². The number of benzene rings is 1. The maximum Gasteiger partial charge on any atom is 0.146 e. The van der Waals surface area contributed by atoms with Crippen LogP contribution in [-0.4, -0.2) is 17.5 Å². The van der Waals surface area contributed by atoms with Crippen molar-refractivity contribution in [1.29, 1.82) is 0 Å². The quantitative estimate of drug-likeness (QED) is 0.798. The summed E-state index contributed by atoms with van der Waals surface area (Å²) in [7, 11) is 0. The van der Waals surface area contributed by atoms with E-state index in [1.54, 1.807) is 6.07 Å². The Labute approximate surface area is 104 Å². The number of hydrogen-bond donors (Lipinski definition) is 1. The first kappa shape index (κ1) is 14.0. The second-order valence-electron chi connectivity index (χ2n) is 5.27. The number of anilines is 1. The Morgan fingerprint density at radius 2 is 1.88 bits per heavy atom. The Kier molecular flexibility index (Phi) is 4.94. The third-order valence-corrected chi connectivity index (χ3v) is 2.78. The van der Waals surface area contributed by atoms with Crippen LogP contribution in [0.15, 0.2) is 18.2 Å². The fourth-order valence-electron chi connectivity index (χ4n) is 1.83. The lowest BCUT2D eigenvalue weighted by Crippen LogP contribution is -2.33. The fourth-order valence-corrected chi connectivity index (χ4v) is 1.83. The molecule has 0 spiro atoms. The predicted octanol–water partition coefficient (Wildman–Crippen LogP) is 3.27. The van der Waals surface area contributed by atoms with E-state index in [4.69, 9.17) is 5.73 Å². The minimum atomic E-state index is -0.323. The minimum Gasteiger partial charge on any atom is -0.396 e. The lowest BCUT2D eigenvalue weighted by atomic mass is 10.1. The van der Waals surface area contributed by atoms with Crippen LogP contribution in [0.1, 0.15) is 33.3 Å². The van der Waals surface area contributed by atoms with Crippen molar-refractivity contribution in [1.82, 2.24) is 4.90 Å². The summed E-state index contributed by atoms with van der Waals surface area (Å²) in [5.74, 6) is 0.284. The van der Waals surface area contributed by atoms with E-state index in [1.165, 1.54) is 6.07 Å². The van der Waals surface area contributed by atoms with Gasteiger partial charge in [0.15, 0.2) is 0 Å². The van der Waals surface area contributed by atoms with Crippen LogP contribution >= 0.6 is 0 Å². The van der Waals surface area contributed by atoms with E-state index in [9.17, 15) is 4.39 Å². The molecule has 0 bridgehead atoms. The summed E-state index contributed by atoms with van der Waals surface area (Å²) in [5.41, 5.74) is 6.67. The van der Waals surface area contributed by atoms with Crippen molar-refractivity contribution >= 4 is 5.69 Å². The Morgan fingerprint density at radius 1 is 1.24 bits per heavy atom. The molecule has 0 radical (unpaired) electrons. The zero-order valence-corrected chi connectivity index (χ0v) is 11.2. The molecule has 17 heavy (non-hydrogen) atoms. The average molecular weight is 238 g/mol. The van der Waals surface area contributed by atoms with E-state index in [-0.39, 0.29) is 11.5 Å². The second kappa shape index (κ2) is 6.01. The highest BCUT2D eigenvalue weighted by atomic mass is 19.1. The average Bonchev–Trinajstić information content (AvgIpc) is 2.21. The van der Waals surface area contributed by atoms with Crippen molar-refractivity contribution in [2.75, 3.05) is 12.3 Å². The fraction of sp³-hybridized carbons (Fsp3) is 0.571. The number of hydrogen-bond acceptors (Lipinski definition) is 2. The number of halogens is 1. The molecular formula is C14H23FN2. The summed E-state index contributed by atoms with van der Waals surface area (Å²) in [6.07, 6.45) is 0. The summed E-state index contributed by atoms with van der Waals surface area (Å²) >= 11 is 0. The van der Waals surface area contributed by atoms with E-state index >= 15 is 0 Å². The largest absolute Gasteiger partial charge is 0.396 e. The molecule has 3 heteroatoms. The SMILES string of the molecule is CC(C)CN(Cc1ccc(N)c(F)c1)C(C)C. The van der Waals surface area contributed by atoms with E-state index in [0.717, 1.165) is 18.7 Å². The first-order valence-corrected chi connectivity index (χ1v) is 6.18. The third kappa shape index (κ3) is 4.35. The number of rotatable bonds is 5. The number of nitrogens with two attached hydrogens (primary N) is 1. The van der Waals surface area contributed by atoms with E-state index in [1.807, 2.05) is 6.07 Å². The van der Waals surface area contributed by atoms with Crippen molar-refractivity contribution in [3.8, 4) is 0 Å². The van der Waals surface area contributed by atoms with Gasteiger partial charge in [-0.15, -0.1) is 0 Å². The van der Waals surface area contributed by atoms with Crippen LogP contribution in [0.3, 0.4) is 0 Å². The summed E-state index contributed by atoms with van der Waals surface area (Å²) in [4.78, 5) is 2.34.